The molecule has 0 amide bonds. The Morgan fingerprint density at radius 3 is 2.61 bits per heavy atom. The molecule has 0 saturated carbocycles. The number of anilines is 1. The van der Waals surface area contributed by atoms with Gasteiger partial charge in [0.1, 0.15) is 12.2 Å². The summed E-state index contributed by atoms with van der Waals surface area (Å²) in [5.74, 6) is 7.10. The van der Waals surface area contributed by atoms with E-state index in [0.29, 0.717) is 17.0 Å². The van der Waals surface area contributed by atoms with Crippen molar-refractivity contribution >= 4 is 17.0 Å². The quantitative estimate of drug-likeness (QED) is 0.496. The maximum Gasteiger partial charge on any atom is 0.184 e. The average molecular weight is 249 g/mol. The summed E-state index contributed by atoms with van der Waals surface area (Å²) in [5.41, 5.74) is 12.3. The normalized spacial score (nSPS) is 11.2. The van der Waals surface area contributed by atoms with Crippen molar-refractivity contribution in [2.45, 2.75) is 32.1 Å². The fraction of sp³-hybridized carbons (Fsp3) is 0.545. The summed E-state index contributed by atoms with van der Waals surface area (Å²) in [6.07, 6.45) is 6.58. The van der Waals surface area contributed by atoms with E-state index in [1.807, 2.05) is 0 Å². The second-order valence-corrected chi connectivity index (χ2v) is 4.28. The predicted molar refractivity (Wildman–Crippen MR) is 71.1 cm³/mol. The largest absolute Gasteiger partial charge is 0.382 e. The van der Waals surface area contributed by atoms with Gasteiger partial charge >= 0.3 is 0 Å². The van der Waals surface area contributed by atoms with Crippen molar-refractivity contribution in [3.8, 4) is 0 Å². The Morgan fingerprint density at radius 1 is 1.11 bits per heavy atom. The highest BCUT2D eigenvalue weighted by atomic mass is 15.4. The Kier molecular flexibility index (Phi) is 3.93. The first-order valence-electron chi connectivity index (χ1n) is 6.17. The lowest BCUT2D eigenvalue weighted by atomic mass is 10.1. The van der Waals surface area contributed by atoms with E-state index < -0.39 is 0 Å². The van der Waals surface area contributed by atoms with Crippen molar-refractivity contribution in [1.29, 1.82) is 0 Å². The van der Waals surface area contributed by atoms with Crippen LogP contribution in [0.15, 0.2) is 6.33 Å². The van der Waals surface area contributed by atoms with E-state index in [1.54, 1.807) is 0 Å². The smallest absolute Gasteiger partial charge is 0.184 e. The van der Waals surface area contributed by atoms with Gasteiger partial charge in [0.05, 0.1) is 0 Å². The van der Waals surface area contributed by atoms with Gasteiger partial charge < -0.3 is 17.3 Å². The lowest BCUT2D eigenvalue weighted by Crippen LogP contribution is -2.13. The topological polar surface area (TPSA) is 122 Å². The maximum absolute atomic E-state index is 5.94. The molecule has 0 bridgehead atoms. The third kappa shape index (κ3) is 2.51. The van der Waals surface area contributed by atoms with Gasteiger partial charge in [-0.25, -0.2) is 19.6 Å². The fourth-order valence-electron chi connectivity index (χ4n) is 1.93. The number of nitrogen functional groups attached to an aromatic ring is 2. The Balaban J connectivity index is 2.05. The number of nitrogens with two attached hydrogens (primary N) is 3. The number of fused-ring (bicyclic) bond motifs is 1. The summed E-state index contributed by atoms with van der Waals surface area (Å²) in [4.78, 5) is 12.4. The number of hydrogen-bond donors (Lipinski definition) is 3. The van der Waals surface area contributed by atoms with Crippen LogP contribution in [-0.4, -0.2) is 26.2 Å². The lowest BCUT2D eigenvalue weighted by Gasteiger charge is -2.01. The molecule has 7 nitrogen and oxygen atoms in total. The first kappa shape index (κ1) is 12.6. The zero-order valence-corrected chi connectivity index (χ0v) is 10.3. The molecular weight excluding hydrogens is 230 g/mol. The molecule has 0 aliphatic rings. The number of rotatable bonds is 6. The molecular formula is C11H19N7. The van der Waals surface area contributed by atoms with E-state index in [-0.39, 0.29) is 0 Å². The third-order valence-electron chi connectivity index (χ3n) is 2.93. The van der Waals surface area contributed by atoms with Gasteiger partial charge in [-0.05, 0) is 19.4 Å². The van der Waals surface area contributed by atoms with Gasteiger partial charge in [0, 0.05) is 6.42 Å². The predicted octanol–water partition coefficient (Wildman–Crippen LogP) is 0.184. The Labute approximate surface area is 105 Å². The van der Waals surface area contributed by atoms with Crippen molar-refractivity contribution in [3.05, 3.63) is 12.2 Å². The van der Waals surface area contributed by atoms with Gasteiger partial charge in [-0.1, -0.05) is 12.8 Å². The highest BCUT2D eigenvalue weighted by Crippen LogP contribution is 2.16. The monoisotopic (exact) mass is 249 g/mol. The molecule has 0 saturated heterocycles. The van der Waals surface area contributed by atoms with Crippen LogP contribution in [0.25, 0.3) is 11.2 Å². The SMILES string of the molecule is NCCCCCCc1nc2c(N)ncnc2n1N. The van der Waals surface area contributed by atoms with Crippen LogP contribution in [0.2, 0.25) is 0 Å². The van der Waals surface area contributed by atoms with Crippen LogP contribution < -0.4 is 17.3 Å². The summed E-state index contributed by atoms with van der Waals surface area (Å²) < 4.78 is 1.50. The lowest BCUT2D eigenvalue weighted by molar-refractivity contribution is 0.630. The van der Waals surface area contributed by atoms with E-state index in [9.17, 15) is 0 Å². The van der Waals surface area contributed by atoms with Crippen molar-refractivity contribution in [2.24, 2.45) is 5.73 Å². The zero-order valence-electron chi connectivity index (χ0n) is 10.3. The molecule has 0 aromatic carbocycles. The van der Waals surface area contributed by atoms with E-state index in [2.05, 4.69) is 15.0 Å². The number of nitrogens with zero attached hydrogens (tertiary/aromatic N) is 4. The Hall–Kier alpha value is -1.89. The van der Waals surface area contributed by atoms with Crippen LogP contribution in [0, 0.1) is 0 Å². The first-order chi connectivity index (χ1) is 8.74. The molecule has 0 unspecified atom stereocenters. The third-order valence-corrected chi connectivity index (χ3v) is 2.93. The molecule has 0 aliphatic heterocycles. The minimum Gasteiger partial charge on any atom is -0.382 e. The minimum absolute atomic E-state index is 0.369. The molecule has 98 valence electrons. The van der Waals surface area contributed by atoms with Gasteiger partial charge in [-0.3, -0.25) is 0 Å². The van der Waals surface area contributed by atoms with Gasteiger partial charge in [0.25, 0.3) is 0 Å². The van der Waals surface area contributed by atoms with Gasteiger partial charge in [-0.2, -0.15) is 0 Å². The number of hydrogen-bond acceptors (Lipinski definition) is 6. The molecule has 0 fully saturated rings. The number of unbranched alkanes of at least 4 members (excludes halogenated alkanes) is 3. The van der Waals surface area contributed by atoms with E-state index in [0.717, 1.165) is 44.5 Å². The molecule has 6 N–H and O–H groups in total. The van der Waals surface area contributed by atoms with Crippen LogP contribution in [0.5, 0.6) is 0 Å². The summed E-state index contributed by atoms with van der Waals surface area (Å²) in [5, 5.41) is 0. The second kappa shape index (κ2) is 5.63. The molecule has 0 aliphatic carbocycles. The molecule has 0 radical (unpaired) electrons. The molecule has 2 aromatic rings. The molecule has 18 heavy (non-hydrogen) atoms. The maximum atomic E-state index is 5.94. The van der Waals surface area contributed by atoms with Gasteiger partial charge in [0.15, 0.2) is 17.0 Å². The van der Waals surface area contributed by atoms with Crippen LogP contribution in [-0.2, 0) is 6.42 Å². The highest BCUT2D eigenvalue weighted by molar-refractivity contribution is 5.81. The summed E-state index contributed by atoms with van der Waals surface area (Å²) in [6.45, 7) is 0.752. The average Bonchev–Trinajstić information content (AvgIpc) is 2.69. The summed E-state index contributed by atoms with van der Waals surface area (Å²) in [6, 6.07) is 0. The van der Waals surface area contributed by atoms with Crippen molar-refractivity contribution in [2.75, 3.05) is 18.1 Å². The highest BCUT2D eigenvalue weighted by Gasteiger charge is 2.11. The van der Waals surface area contributed by atoms with E-state index in [1.165, 1.54) is 11.0 Å². The number of aromatic nitrogens is 4. The van der Waals surface area contributed by atoms with Crippen LogP contribution >= 0.6 is 0 Å². The van der Waals surface area contributed by atoms with Crippen molar-refractivity contribution in [3.63, 3.8) is 0 Å². The van der Waals surface area contributed by atoms with Crippen molar-refractivity contribution < 1.29 is 0 Å². The Bertz CT molecular complexity index is 519. The van der Waals surface area contributed by atoms with Crippen LogP contribution in [0.3, 0.4) is 0 Å². The molecule has 7 heteroatoms. The van der Waals surface area contributed by atoms with E-state index >= 15 is 0 Å². The van der Waals surface area contributed by atoms with Crippen molar-refractivity contribution in [1.82, 2.24) is 19.6 Å². The number of aryl methyl sites for hydroxylation is 1. The number of imidazole rings is 1. The van der Waals surface area contributed by atoms with E-state index in [4.69, 9.17) is 17.3 Å². The van der Waals surface area contributed by atoms with Gasteiger partial charge in [-0.15, -0.1) is 0 Å². The standard InChI is InChI=1S/C11H19N7/c12-6-4-2-1-3-5-8-17-9-10(13)15-7-16-11(9)18(8)14/h7H,1-6,12,14H2,(H2,13,15,16). The van der Waals surface area contributed by atoms with Gasteiger partial charge in [0.2, 0.25) is 0 Å². The molecule has 2 heterocycles. The minimum atomic E-state index is 0.369. The summed E-state index contributed by atoms with van der Waals surface area (Å²) >= 11 is 0. The molecule has 0 atom stereocenters. The second-order valence-electron chi connectivity index (χ2n) is 4.28. The molecule has 2 aromatic heterocycles. The first-order valence-corrected chi connectivity index (χ1v) is 6.17. The van der Waals surface area contributed by atoms with Crippen LogP contribution in [0.1, 0.15) is 31.5 Å². The molecule has 2 rings (SSSR count). The van der Waals surface area contributed by atoms with Crippen LogP contribution in [0.4, 0.5) is 5.82 Å². The zero-order chi connectivity index (χ0) is 13.0. The summed E-state index contributed by atoms with van der Waals surface area (Å²) in [7, 11) is 0. The Morgan fingerprint density at radius 2 is 1.89 bits per heavy atom. The fourth-order valence-corrected chi connectivity index (χ4v) is 1.93. The molecule has 0 spiro atoms.